The summed E-state index contributed by atoms with van der Waals surface area (Å²) in [5.74, 6) is 1.29. The van der Waals surface area contributed by atoms with E-state index in [1.165, 1.54) is 0 Å². The van der Waals surface area contributed by atoms with E-state index in [1.807, 2.05) is 25.1 Å². The number of rotatable bonds is 6. The molecule has 1 saturated heterocycles. The summed E-state index contributed by atoms with van der Waals surface area (Å²) < 4.78 is 10.9. The molecule has 116 valence electrons. The van der Waals surface area contributed by atoms with Crippen LogP contribution in [0.15, 0.2) is 18.2 Å². The monoisotopic (exact) mass is 292 g/mol. The predicted octanol–water partition coefficient (Wildman–Crippen LogP) is 1.79. The van der Waals surface area contributed by atoms with Gasteiger partial charge in [-0.15, -0.1) is 0 Å². The summed E-state index contributed by atoms with van der Waals surface area (Å²) in [6, 6.07) is 5.98. The number of amides is 1. The van der Waals surface area contributed by atoms with E-state index in [0.717, 1.165) is 49.5 Å². The Morgan fingerprint density at radius 1 is 1.43 bits per heavy atom. The zero-order valence-electron chi connectivity index (χ0n) is 12.8. The number of primary amides is 1. The Balaban J connectivity index is 2.03. The highest BCUT2D eigenvalue weighted by Gasteiger charge is 2.24. The van der Waals surface area contributed by atoms with E-state index < -0.39 is 0 Å². The zero-order chi connectivity index (χ0) is 15.2. The van der Waals surface area contributed by atoms with Crippen molar-refractivity contribution in [3.8, 4) is 11.5 Å². The van der Waals surface area contributed by atoms with Gasteiger partial charge in [0.2, 0.25) is 5.91 Å². The summed E-state index contributed by atoms with van der Waals surface area (Å²) in [5.41, 5.74) is 6.57. The number of nitrogens with zero attached hydrogens (tertiary/aromatic N) is 1. The lowest BCUT2D eigenvalue weighted by Gasteiger charge is -2.31. The van der Waals surface area contributed by atoms with Crippen molar-refractivity contribution in [1.29, 1.82) is 0 Å². The minimum absolute atomic E-state index is 0.0247. The van der Waals surface area contributed by atoms with Crippen LogP contribution >= 0.6 is 0 Å². The quantitative estimate of drug-likeness (QED) is 0.868. The number of methoxy groups -OCH3 is 1. The van der Waals surface area contributed by atoms with Crippen molar-refractivity contribution in [3.05, 3.63) is 23.8 Å². The Morgan fingerprint density at radius 2 is 2.24 bits per heavy atom. The Labute approximate surface area is 126 Å². The van der Waals surface area contributed by atoms with Gasteiger partial charge in [-0.1, -0.05) is 6.07 Å². The van der Waals surface area contributed by atoms with Gasteiger partial charge in [-0.3, -0.25) is 9.69 Å². The molecule has 5 heteroatoms. The molecule has 1 aromatic carbocycles. The van der Waals surface area contributed by atoms with Gasteiger partial charge in [-0.25, -0.2) is 0 Å². The van der Waals surface area contributed by atoms with E-state index in [1.54, 1.807) is 7.11 Å². The number of hydrogen-bond donors (Lipinski definition) is 1. The SMILES string of the molecule is CCOc1ccc(CN2CCC[C@H](C(N)=O)C2)cc1OC. The standard InChI is InChI=1S/C16H24N2O3/c1-3-21-14-7-6-12(9-15(14)20-2)10-18-8-4-5-13(11-18)16(17)19/h6-7,9,13H,3-5,8,10-11H2,1-2H3,(H2,17,19)/t13-/m0/s1. The highest BCUT2D eigenvalue weighted by atomic mass is 16.5. The molecule has 0 bridgehead atoms. The first kappa shape index (κ1) is 15.6. The topological polar surface area (TPSA) is 64.8 Å². The van der Waals surface area contributed by atoms with Crippen molar-refractivity contribution in [3.63, 3.8) is 0 Å². The maximum Gasteiger partial charge on any atom is 0.221 e. The fourth-order valence-corrected chi connectivity index (χ4v) is 2.77. The van der Waals surface area contributed by atoms with Crippen molar-refractivity contribution in [2.45, 2.75) is 26.3 Å². The molecule has 0 unspecified atom stereocenters. The van der Waals surface area contributed by atoms with Gasteiger partial charge in [-0.2, -0.15) is 0 Å². The van der Waals surface area contributed by atoms with Crippen LogP contribution in [0.5, 0.6) is 11.5 Å². The Bertz CT molecular complexity index is 490. The molecule has 5 nitrogen and oxygen atoms in total. The minimum Gasteiger partial charge on any atom is -0.493 e. The smallest absolute Gasteiger partial charge is 0.221 e. The van der Waals surface area contributed by atoms with Gasteiger partial charge in [0.25, 0.3) is 0 Å². The van der Waals surface area contributed by atoms with Crippen LogP contribution in [0.1, 0.15) is 25.3 Å². The molecule has 1 aliphatic heterocycles. The molecule has 2 N–H and O–H groups in total. The first-order valence-corrected chi connectivity index (χ1v) is 7.45. The van der Waals surface area contributed by atoms with Crippen molar-refractivity contribution in [2.24, 2.45) is 11.7 Å². The van der Waals surface area contributed by atoms with Gasteiger partial charge in [0, 0.05) is 13.1 Å². The largest absolute Gasteiger partial charge is 0.493 e. The van der Waals surface area contributed by atoms with Crippen LogP contribution in [-0.4, -0.2) is 37.6 Å². The molecule has 0 aliphatic carbocycles. The minimum atomic E-state index is -0.191. The third-order valence-corrected chi connectivity index (χ3v) is 3.84. The van der Waals surface area contributed by atoms with Gasteiger partial charge >= 0.3 is 0 Å². The van der Waals surface area contributed by atoms with Crippen LogP contribution in [0.4, 0.5) is 0 Å². The average molecular weight is 292 g/mol. The van der Waals surface area contributed by atoms with Gasteiger partial charge in [0.05, 0.1) is 19.6 Å². The van der Waals surface area contributed by atoms with E-state index in [-0.39, 0.29) is 11.8 Å². The number of hydrogen-bond acceptors (Lipinski definition) is 4. The number of benzene rings is 1. The van der Waals surface area contributed by atoms with Crippen LogP contribution in [-0.2, 0) is 11.3 Å². The predicted molar refractivity (Wildman–Crippen MR) is 81.4 cm³/mol. The lowest BCUT2D eigenvalue weighted by Crippen LogP contribution is -2.40. The average Bonchev–Trinajstić information content (AvgIpc) is 2.49. The second-order valence-electron chi connectivity index (χ2n) is 5.39. The van der Waals surface area contributed by atoms with Crippen LogP contribution in [0.3, 0.4) is 0 Å². The normalized spacial score (nSPS) is 19.2. The highest BCUT2D eigenvalue weighted by Crippen LogP contribution is 2.29. The van der Waals surface area contributed by atoms with Gasteiger partial charge in [-0.05, 0) is 44.0 Å². The van der Waals surface area contributed by atoms with Gasteiger partial charge in [0.15, 0.2) is 11.5 Å². The van der Waals surface area contributed by atoms with Crippen LogP contribution in [0, 0.1) is 5.92 Å². The van der Waals surface area contributed by atoms with Crippen molar-refractivity contribution in [2.75, 3.05) is 26.8 Å². The molecule has 1 atom stereocenters. The summed E-state index contributed by atoms with van der Waals surface area (Å²) >= 11 is 0. The maximum absolute atomic E-state index is 11.3. The summed E-state index contributed by atoms with van der Waals surface area (Å²) in [7, 11) is 1.64. The van der Waals surface area contributed by atoms with E-state index in [9.17, 15) is 4.79 Å². The highest BCUT2D eigenvalue weighted by molar-refractivity contribution is 5.76. The third kappa shape index (κ3) is 4.11. The Kier molecular flexibility index (Phi) is 5.44. The molecule has 0 radical (unpaired) electrons. The van der Waals surface area contributed by atoms with E-state index in [4.69, 9.17) is 15.2 Å². The second kappa shape index (κ2) is 7.31. The fraction of sp³-hybridized carbons (Fsp3) is 0.562. The maximum atomic E-state index is 11.3. The molecular weight excluding hydrogens is 268 g/mol. The summed E-state index contributed by atoms with van der Waals surface area (Å²) in [5, 5.41) is 0. The van der Waals surface area contributed by atoms with Gasteiger partial charge < -0.3 is 15.2 Å². The summed E-state index contributed by atoms with van der Waals surface area (Å²) in [6.45, 7) is 5.10. The van der Waals surface area contributed by atoms with Crippen molar-refractivity contribution in [1.82, 2.24) is 4.90 Å². The summed E-state index contributed by atoms with van der Waals surface area (Å²) in [6.07, 6.45) is 1.92. The third-order valence-electron chi connectivity index (χ3n) is 3.84. The van der Waals surface area contributed by atoms with Crippen molar-refractivity contribution < 1.29 is 14.3 Å². The molecule has 1 amide bonds. The fourth-order valence-electron chi connectivity index (χ4n) is 2.77. The van der Waals surface area contributed by atoms with E-state index >= 15 is 0 Å². The lowest BCUT2D eigenvalue weighted by atomic mass is 9.97. The molecule has 1 heterocycles. The number of piperidine rings is 1. The van der Waals surface area contributed by atoms with Crippen LogP contribution < -0.4 is 15.2 Å². The van der Waals surface area contributed by atoms with Gasteiger partial charge in [0.1, 0.15) is 0 Å². The van der Waals surface area contributed by atoms with Crippen LogP contribution in [0.25, 0.3) is 0 Å². The molecule has 1 aromatic rings. The van der Waals surface area contributed by atoms with E-state index in [2.05, 4.69) is 4.90 Å². The molecule has 2 rings (SSSR count). The number of carbonyl (C=O) groups excluding carboxylic acids is 1. The molecule has 1 fully saturated rings. The molecule has 0 spiro atoms. The Hall–Kier alpha value is -1.75. The first-order valence-electron chi connectivity index (χ1n) is 7.45. The zero-order valence-corrected chi connectivity index (χ0v) is 12.8. The molecule has 21 heavy (non-hydrogen) atoms. The second-order valence-corrected chi connectivity index (χ2v) is 5.39. The number of ether oxygens (including phenoxy) is 2. The molecule has 0 aromatic heterocycles. The lowest BCUT2D eigenvalue weighted by molar-refractivity contribution is -0.123. The number of likely N-dealkylation sites (tertiary alicyclic amines) is 1. The molecule has 1 aliphatic rings. The molecular formula is C16H24N2O3. The number of carbonyl (C=O) groups is 1. The first-order chi connectivity index (χ1) is 10.1. The van der Waals surface area contributed by atoms with Crippen LogP contribution in [0.2, 0.25) is 0 Å². The molecule has 0 saturated carbocycles. The van der Waals surface area contributed by atoms with E-state index in [0.29, 0.717) is 6.61 Å². The Morgan fingerprint density at radius 3 is 2.90 bits per heavy atom. The number of nitrogens with two attached hydrogens (primary N) is 1. The summed E-state index contributed by atoms with van der Waals surface area (Å²) in [4.78, 5) is 13.6. The van der Waals surface area contributed by atoms with Crippen molar-refractivity contribution >= 4 is 5.91 Å².